The molecule has 0 unspecified atom stereocenters. The highest BCUT2D eigenvalue weighted by atomic mass is 35.5. The second kappa shape index (κ2) is 5.92. The summed E-state index contributed by atoms with van der Waals surface area (Å²) in [6.45, 7) is 6.31. The Morgan fingerprint density at radius 3 is 2.20 bits per heavy atom. The van der Waals surface area contributed by atoms with Gasteiger partial charge in [0.25, 0.3) is 0 Å². The van der Waals surface area contributed by atoms with Gasteiger partial charge in [0.15, 0.2) is 0 Å². The van der Waals surface area contributed by atoms with Crippen LogP contribution >= 0.6 is 11.6 Å². The maximum atomic E-state index is 11.3. The zero-order chi connectivity index (χ0) is 12.1. The van der Waals surface area contributed by atoms with Gasteiger partial charge in [-0.2, -0.15) is 0 Å². The third-order valence-corrected chi connectivity index (χ3v) is 1.38. The van der Waals surface area contributed by atoms with Gasteiger partial charge < -0.3 is 9.57 Å². The fraction of sp³-hybridized carbons (Fsp3) is 0.778. The molecule has 0 saturated heterocycles. The van der Waals surface area contributed by atoms with Crippen molar-refractivity contribution >= 4 is 23.5 Å². The predicted molar refractivity (Wildman–Crippen MR) is 55.0 cm³/mol. The largest absolute Gasteiger partial charge is 0.459 e. The Labute approximate surface area is 94.2 Å². The highest BCUT2D eigenvalue weighted by molar-refractivity contribution is 6.17. The molecule has 0 atom stereocenters. The van der Waals surface area contributed by atoms with Crippen LogP contribution in [-0.4, -0.2) is 35.2 Å². The normalized spacial score (nSPS) is 11.3. The number of carbonyl (C=O) groups excluding carboxylic acids is 2. The van der Waals surface area contributed by atoms with Gasteiger partial charge in [0.05, 0.1) is 0 Å². The van der Waals surface area contributed by atoms with Crippen molar-refractivity contribution in [3.05, 3.63) is 0 Å². The second-order valence-corrected chi connectivity index (χ2v) is 4.17. The van der Waals surface area contributed by atoms with E-state index in [9.17, 15) is 9.59 Å². The number of halogens is 1. The van der Waals surface area contributed by atoms with Gasteiger partial charge in [-0.15, -0.1) is 16.7 Å². The van der Waals surface area contributed by atoms with Crippen LogP contribution in [0.1, 0.15) is 27.7 Å². The number of rotatable bonds is 4. The topological polar surface area (TPSA) is 55.8 Å². The molecule has 0 aromatic rings. The first-order valence-electron chi connectivity index (χ1n) is 4.46. The minimum Gasteiger partial charge on any atom is -0.459 e. The van der Waals surface area contributed by atoms with Gasteiger partial charge in [-0.3, -0.25) is 9.59 Å². The van der Waals surface area contributed by atoms with Crippen LogP contribution in [0.15, 0.2) is 0 Å². The van der Waals surface area contributed by atoms with Crippen molar-refractivity contribution in [1.29, 1.82) is 0 Å². The van der Waals surface area contributed by atoms with Crippen LogP contribution in [0, 0.1) is 0 Å². The van der Waals surface area contributed by atoms with E-state index < -0.39 is 17.5 Å². The third-order valence-electron chi connectivity index (χ3n) is 1.12. The standard InChI is InChI=1S/C9H16ClNO4/c1-7(12)15-11(6-10)5-8(13)14-9(2,3)4/h5-6H2,1-4H3. The first kappa shape index (κ1) is 14.2. The fourth-order valence-electron chi connectivity index (χ4n) is 0.799. The molecular formula is C9H16ClNO4. The number of alkyl halides is 1. The molecule has 0 radical (unpaired) electrons. The van der Waals surface area contributed by atoms with Gasteiger partial charge in [-0.1, -0.05) is 0 Å². The minimum atomic E-state index is -0.564. The van der Waals surface area contributed by atoms with E-state index in [1.54, 1.807) is 20.8 Å². The lowest BCUT2D eigenvalue weighted by Gasteiger charge is -2.22. The number of hydrogen-bond donors (Lipinski definition) is 0. The summed E-state index contributed by atoms with van der Waals surface area (Å²) in [4.78, 5) is 26.5. The van der Waals surface area contributed by atoms with Crippen molar-refractivity contribution in [2.75, 3.05) is 12.5 Å². The Morgan fingerprint density at radius 2 is 1.87 bits per heavy atom. The Bertz CT molecular complexity index is 237. The smallest absolute Gasteiger partial charge is 0.324 e. The summed E-state index contributed by atoms with van der Waals surface area (Å²) >= 11 is 5.47. The molecule has 0 aromatic heterocycles. The quantitative estimate of drug-likeness (QED) is 0.319. The van der Waals surface area contributed by atoms with E-state index in [0.29, 0.717) is 0 Å². The number of carbonyl (C=O) groups is 2. The van der Waals surface area contributed by atoms with Crippen LogP contribution < -0.4 is 0 Å². The molecule has 0 aromatic carbocycles. The number of ether oxygens (including phenoxy) is 1. The highest BCUT2D eigenvalue weighted by Gasteiger charge is 2.19. The molecule has 5 nitrogen and oxygen atoms in total. The van der Waals surface area contributed by atoms with Crippen molar-refractivity contribution < 1.29 is 19.2 Å². The Morgan fingerprint density at radius 1 is 1.33 bits per heavy atom. The fourth-order valence-corrected chi connectivity index (χ4v) is 0.932. The molecule has 0 aliphatic rings. The van der Waals surface area contributed by atoms with E-state index in [1.807, 2.05) is 0 Å². The molecule has 0 aliphatic carbocycles. The van der Waals surface area contributed by atoms with Crippen molar-refractivity contribution in [1.82, 2.24) is 5.06 Å². The first-order valence-corrected chi connectivity index (χ1v) is 4.99. The number of esters is 1. The van der Waals surface area contributed by atoms with Crippen molar-refractivity contribution in [3.8, 4) is 0 Å². The molecular weight excluding hydrogens is 222 g/mol. The molecule has 0 rings (SSSR count). The number of hydrogen-bond acceptors (Lipinski definition) is 5. The summed E-state index contributed by atoms with van der Waals surface area (Å²) in [5.41, 5.74) is -0.564. The molecule has 0 aliphatic heterocycles. The summed E-state index contributed by atoms with van der Waals surface area (Å²) < 4.78 is 5.02. The molecule has 0 amide bonds. The summed E-state index contributed by atoms with van der Waals surface area (Å²) in [6.07, 6.45) is 0. The lowest BCUT2D eigenvalue weighted by atomic mass is 10.2. The molecule has 0 fully saturated rings. The van der Waals surface area contributed by atoms with Gasteiger partial charge in [-0.05, 0) is 20.8 Å². The van der Waals surface area contributed by atoms with Gasteiger partial charge >= 0.3 is 11.9 Å². The third kappa shape index (κ3) is 8.20. The van der Waals surface area contributed by atoms with E-state index in [4.69, 9.17) is 16.3 Å². The van der Waals surface area contributed by atoms with Crippen LogP contribution in [-0.2, 0) is 19.2 Å². The molecule has 0 saturated carbocycles. The highest BCUT2D eigenvalue weighted by Crippen LogP contribution is 2.07. The van der Waals surface area contributed by atoms with E-state index >= 15 is 0 Å². The summed E-state index contributed by atoms with van der Waals surface area (Å²) in [5.74, 6) is -1.02. The molecule has 0 bridgehead atoms. The maximum Gasteiger partial charge on any atom is 0.324 e. The zero-order valence-corrected chi connectivity index (χ0v) is 10.1. The number of hydroxylamine groups is 2. The average molecular weight is 238 g/mol. The predicted octanol–water partition coefficient (Wildman–Crippen LogP) is 1.30. The zero-order valence-electron chi connectivity index (χ0n) is 9.37. The summed E-state index contributed by atoms with van der Waals surface area (Å²) in [6, 6.07) is -0.0845. The van der Waals surface area contributed by atoms with Crippen molar-refractivity contribution in [3.63, 3.8) is 0 Å². The minimum absolute atomic E-state index is 0.0845. The van der Waals surface area contributed by atoms with Gasteiger partial charge in [-0.25, -0.2) is 0 Å². The number of nitrogens with zero attached hydrogens (tertiary/aromatic N) is 1. The average Bonchev–Trinajstić information content (AvgIpc) is 1.98. The van der Waals surface area contributed by atoms with Crippen LogP contribution in [0.3, 0.4) is 0 Å². The van der Waals surface area contributed by atoms with E-state index in [2.05, 4.69) is 4.84 Å². The van der Waals surface area contributed by atoms with Crippen LogP contribution in [0.5, 0.6) is 0 Å². The van der Waals surface area contributed by atoms with Crippen LogP contribution in [0.2, 0.25) is 0 Å². The molecule has 0 heterocycles. The van der Waals surface area contributed by atoms with E-state index in [1.165, 1.54) is 6.92 Å². The van der Waals surface area contributed by atoms with Gasteiger partial charge in [0.2, 0.25) is 0 Å². The lowest BCUT2D eigenvalue weighted by molar-refractivity contribution is -0.191. The molecule has 6 heteroatoms. The molecule has 0 spiro atoms. The van der Waals surface area contributed by atoms with Crippen molar-refractivity contribution in [2.45, 2.75) is 33.3 Å². The van der Waals surface area contributed by atoms with Crippen LogP contribution in [0.4, 0.5) is 0 Å². The summed E-state index contributed by atoms with van der Waals surface area (Å²) in [7, 11) is 0. The SMILES string of the molecule is CC(=O)ON(CCl)CC(=O)OC(C)(C)C. The van der Waals surface area contributed by atoms with Gasteiger partial charge in [0, 0.05) is 6.92 Å². The van der Waals surface area contributed by atoms with Crippen LogP contribution in [0.25, 0.3) is 0 Å². The van der Waals surface area contributed by atoms with Gasteiger partial charge in [0.1, 0.15) is 18.1 Å². The Hall–Kier alpha value is -0.810. The Kier molecular flexibility index (Phi) is 5.60. The maximum absolute atomic E-state index is 11.3. The molecule has 15 heavy (non-hydrogen) atoms. The monoisotopic (exact) mass is 237 g/mol. The lowest BCUT2D eigenvalue weighted by Crippen LogP contribution is -2.35. The first-order chi connectivity index (χ1) is 6.74. The van der Waals surface area contributed by atoms with Crippen molar-refractivity contribution in [2.24, 2.45) is 0 Å². The Balaban J connectivity index is 4.07. The molecule has 0 N–H and O–H groups in total. The van der Waals surface area contributed by atoms with E-state index in [0.717, 1.165) is 5.06 Å². The van der Waals surface area contributed by atoms with E-state index in [-0.39, 0.29) is 12.5 Å². The second-order valence-electron chi connectivity index (χ2n) is 3.93. The molecule has 88 valence electrons. The summed E-state index contributed by atoms with van der Waals surface area (Å²) in [5, 5.41) is 1.03.